The van der Waals surface area contributed by atoms with Gasteiger partial charge < -0.3 is 13.9 Å². The number of methoxy groups -OCH3 is 2. The van der Waals surface area contributed by atoms with E-state index in [2.05, 4.69) is 49.1 Å². The van der Waals surface area contributed by atoms with Gasteiger partial charge in [0.05, 0.1) is 31.5 Å². The third kappa shape index (κ3) is 4.37. The monoisotopic (exact) mass is 488 g/mol. The highest BCUT2D eigenvalue weighted by molar-refractivity contribution is 7.12. The smallest absolute Gasteiger partial charge is 0.230 e. The molecule has 1 aliphatic rings. The third-order valence-electron chi connectivity index (χ3n) is 6.97. The number of oxazole rings is 1. The number of ether oxygens (including phenoxy) is 2. The van der Waals surface area contributed by atoms with Gasteiger partial charge in [0.2, 0.25) is 5.89 Å². The highest BCUT2D eigenvalue weighted by Crippen LogP contribution is 2.43. The van der Waals surface area contributed by atoms with Crippen LogP contribution in [0.1, 0.15) is 50.9 Å². The van der Waals surface area contributed by atoms with Crippen LogP contribution in [0.4, 0.5) is 0 Å². The van der Waals surface area contributed by atoms with Gasteiger partial charge in [-0.25, -0.2) is 4.98 Å². The first-order chi connectivity index (χ1) is 17.0. The van der Waals surface area contributed by atoms with Crippen LogP contribution in [0.5, 0.6) is 11.5 Å². The highest BCUT2D eigenvalue weighted by Gasteiger charge is 2.33. The number of hydrogen-bond donors (Lipinski definition) is 0. The van der Waals surface area contributed by atoms with Gasteiger partial charge >= 0.3 is 0 Å². The molecule has 0 unspecified atom stereocenters. The van der Waals surface area contributed by atoms with Crippen molar-refractivity contribution in [2.75, 3.05) is 20.8 Å². The Balaban J connectivity index is 1.51. The lowest BCUT2D eigenvalue weighted by Crippen LogP contribution is -2.35. The topological polar surface area (TPSA) is 47.7 Å². The summed E-state index contributed by atoms with van der Waals surface area (Å²) in [6, 6.07) is 16.8. The molecule has 0 amide bonds. The van der Waals surface area contributed by atoms with Crippen molar-refractivity contribution < 1.29 is 13.9 Å². The first-order valence-electron chi connectivity index (χ1n) is 12.1. The van der Waals surface area contributed by atoms with Gasteiger partial charge in [0, 0.05) is 28.9 Å². The molecule has 1 aliphatic heterocycles. The first kappa shape index (κ1) is 23.6. The summed E-state index contributed by atoms with van der Waals surface area (Å²) in [5.74, 6) is 2.84. The van der Waals surface area contributed by atoms with Crippen molar-refractivity contribution >= 4 is 11.3 Å². The van der Waals surface area contributed by atoms with Gasteiger partial charge in [-0.15, -0.1) is 11.3 Å². The van der Waals surface area contributed by atoms with Gasteiger partial charge in [0.15, 0.2) is 0 Å². The van der Waals surface area contributed by atoms with Crippen LogP contribution >= 0.6 is 11.3 Å². The van der Waals surface area contributed by atoms with Crippen molar-refractivity contribution in [3.8, 4) is 23.0 Å². The largest absolute Gasteiger partial charge is 0.497 e. The van der Waals surface area contributed by atoms with E-state index in [1.54, 1.807) is 19.8 Å². The summed E-state index contributed by atoms with van der Waals surface area (Å²) < 4.78 is 17.1. The van der Waals surface area contributed by atoms with Crippen molar-refractivity contribution in [3.05, 3.63) is 86.4 Å². The predicted molar refractivity (Wildman–Crippen MR) is 141 cm³/mol. The molecule has 5 rings (SSSR count). The van der Waals surface area contributed by atoms with Gasteiger partial charge in [-0.3, -0.25) is 4.90 Å². The van der Waals surface area contributed by atoms with E-state index in [-0.39, 0.29) is 6.04 Å². The lowest BCUT2D eigenvalue weighted by Gasteiger charge is -2.36. The Morgan fingerprint density at radius 2 is 1.89 bits per heavy atom. The molecule has 1 atom stereocenters. The average Bonchev–Trinajstić information content (AvgIpc) is 3.41. The lowest BCUT2D eigenvalue weighted by molar-refractivity contribution is 0.204. The normalized spacial score (nSPS) is 15.7. The van der Waals surface area contributed by atoms with Crippen LogP contribution < -0.4 is 9.47 Å². The molecular formula is C29H32N2O3S. The zero-order chi connectivity index (χ0) is 24.5. The summed E-state index contributed by atoms with van der Waals surface area (Å²) in [5, 5.41) is 0. The number of aryl methyl sites for hydroxylation is 2. The second-order valence-corrected chi connectivity index (χ2v) is 10.2. The van der Waals surface area contributed by atoms with Gasteiger partial charge in [-0.2, -0.15) is 0 Å². The average molecular weight is 489 g/mol. The summed E-state index contributed by atoms with van der Waals surface area (Å²) in [7, 11) is 3.30. The van der Waals surface area contributed by atoms with Gasteiger partial charge in [-0.1, -0.05) is 37.3 Å². The Hall–Kier alpha value is -3.09. The Bertz CT molecular complexity index is 1330. The minimum Gasteiger partial charge on any atom is -0.497 e. The fourth-order valence-corrected chi connectivity index (χ4v) is 6.65. The maximum atomic E-state index is 6.15. The van der Waals surface area contributed by atoms with Gasteiger partial charge in [-0.05, 0) is 55.5 Å². The molecule has 2 aromatic heterocycles. The molecular weight excluding hydrogens is 456 g/mol. The second kappa shape index (κ2) is 9.88. The summed E-state index contributed by atoms with van der Waals surface area (Å²) in [5.41, 5.74) is 6.21. The Labute approximate surface area is 211 Å². The van der Waals surface area contributed by atoms with E-state index in [9.17, 15) is 0 Å². The fourth-order valence-electron chi connectivity index (χ4n) is 5.18. The van der Waals surface area contributed by atoms with Crippen LogP contribution in [0.3, 0.4) is 0 Å². The zero-order valence-electron chi connectivity index (χ0n) is 21.1. The SMILES string of the molecule is CCc1c(C)sc2c1CCN(Cc1nc(-c3ccc(OC)cc3OC)oc1C)[C@@H]2c1ccccc1. The number of rotatable bonds is 7. The molecule has 6 heteroatoms. The van der Waals surface area contributed by atoms with Crippen molar-refractivity contribution in [2.24, 2.45) is 0 Å². The van der Waals surface area contributed by atoms with E-state index in [0.29, 0.717) is 11.6 Å². The van der Waals surface area contributed by atoms with E-state index in [4.69, 9.17) is 18.9 Å². The van der Waals surface area contributed by atoms with E-state index in [0.717, 1.165) is 48.7 Å². The Kier molecular flexibility index (Phi) is 6.67. The van der Waals surface area contributed by atoms with Crippen molar-refractivity contribution in [1.82, 2.24) is 9.88 Å². The maximum absolute atomic E-state index is 6.15. The van der Waals surface area contributed by atoms with Crippen LogP contribution in [0.2, 0.25) is 0 Å². The number of aromatic nitrogens is 1. The van der Waals surface area contributed by atoms with E-state index < -0.39 is 0 Å². The van der Waals surface area contributed by atoms with Crippen LogP contribution in [-0.2, 0) is 19.4 Å². The number of fused-ring (bicyclic) bond motifs is 1. The predicted octanol–water partition coefficient (Wildman–Crippen LogP) is 6.75. The van der Waals surface area contributed by atoms with E-state index >= 15 is 0 Å². The lowest BCUT2D eigenvalue weighted by atomic mass is 9.91. The third-order valence-corrected chi connectivity index (χ3v) is 8.21. The number of thiophene rings is 1. The minimum absolute atomic E-state index is 0.221. The minimum atomic E-state index is 0.221. The molecule has 0 fully saturated rings. The molecule has 0 saturated heterocycles. The molecule has 0 aliphatic carbocycles. The van der Waals surface area contributed by atoms with Crippen LogP contribution in [0, 0.1) is 13.8 Å². The van der Waals surface area contributed by atoms with E-state index in [1.165, 1.54) is 20.9 Å². The fraction of sp³-hybridized carbons (Fsp3) is 0.345. The molecule has 3 heterocycles. The summed E-state index contributed by atoms with van der Waals surface area (Å²) >= 11 is 1.96. The van der Waals surface area contributed by atoms with Crippen LogP contribution in [0.25, 0.3) is 11.5 Å². The molecule has 182 valence electrons. The quantitative estimate of drug-likeness (QED) is 0.288. The van der Waals surface area contributed by atoms with Gasteiger partial charge in [0.1, 0.15) is 17.3 Å². The molecule has 35 heavy (non-hydrogen) atoms. The standard InChI is InChI=1S/C29H32N2O3S/c1-6-22-19(3)35-28-23(22)14-15-31(27(28)20-10-8-7-9-11-20)17-25-18(2)34-29(30-25)24-13-12-21(32-4)16-26(24)33-5/h7-13,16,27H,6,14-15,17H2,1-5H3/t27-/m1/s1. The first-order valence-corrected chi connectivity index (χ1v) is 12.9. The van der Waals surface area contributed by atoms with Crippen LogP contribution in [0.15, 0.2) is 52.9 Å². The van der Waals surface area contributed by atoms with Crippen molar-refractivity contribution in [3.63, 3.8) is 0 Å². The highest BCUT2D eigenvalue weighted by atomic mass is 32.1. The molecule has 0 spiro atoms. The van der Waals surface area contributed by atoms with Crippen molar-refractivity contribution in [2.45, 2.75) is 46.2 Å². The van der Waals surface area contributed by atoms with E-state index in [1.807, 2.05) is 36.5 Å². The number of benzene rings is 2. The second-order valence-electron chi connectivity index (χ2n) is 8.95. The summed E-state index contributed by atoms with van der Waals surface area (Å²) in [6.07, 6.45) is 2.16. The molecule has 4 aromatic rings. The molecule has 0 bridgehead atoms. The zero-order valence-corrected chi connectivity index (χ0v) is 21.9. The number of hydrogen-bond acceptors (Lipinski definition) is 6. The molecule has 0 radical (unpaired) electrons. The molecule has 2 aromatic carbocycles. The Morgan fingerprint density at radius 1 is 1.09 bits per heavy atom. The summed E-state index contributed by atoms with van der Waals surface area (Å²) in [4.78, 5) is 10.4. The number of nitrogens with zero attached hydrogens (tertiary/aromatic N) is 2. The summed E-state index contributed by atoms with van der Waals surface area (Å²) in [6.45, 7) is 8.26. The van der Waals surface area contributed by atoms with Gasteiger partial charge in [0.25, 0.3) is 0 Å². The van der Waals surface area contributed by atoms with Crippen molar-refractivity contribution in [1.29, 1.82) is 0 Å². The molecule has 5 nitrogen and oxygen atoms in total. The maximum Gasteiger partial charge on any atom is 0.230 e. The molecule has 0 saturated carbocycles. The Morgan fingerprint density at radius 3 is 2.60 bits per heavy atom. The van der Waals surface area contributed by atoms with Crippen LogP contribution in [-0.4, -0.2) is 30.6 Å². The molecule has 0 N–H and O–H groups in total.